The number of nitrogens with two attached hydrogens (primary N) is 1. The molecule has 1 aromatic carbocycles. The summed E-state index contributed by atoms with van der Waals surface area (Å²) in [5, 5.41) is 0. The summed E-state index contributed by atoms with van der Waals surface area (Å²) < 4.78 is 5.80. The van der Waals surface area contributed by atoms with Gasteiger partial charge in [-0.05, 0) is 32.8 Å². The van der Waals surface area contributed by atoms with E-state index in [0.29, 0.717) is 19.1 Å². The number of nitrogens with zero attached hydrogens (tertiary/aromatic N) is 2. The van der Waals surface area contributed by atoms with Gasteiger partial charge < -0.3 is 15.4 Å². The highest BCUT2D eigenvalue weighted by atomic mass is 16.5. The van der Waals surface area contributed by atoms with E-state index in [2.05, 4.69) is 37.9 Å². The van der Waals surface area contributed by atoms with Gasteiger partial charge >= 0.3 is 0 Å². The van der Waals surface area contributed by atoms with Crippen LogP contribution in [0.1, 0.15) is 38.9 Å². The Hall–Kier alpha value is -1.55. The van der Waals surface area contributed by atoms with Crippen LogP contribution in [0.5, 0.6) is 0 Å². The van der Waals surface area contributed by atoms with Gasteiger partial charge in [0.2, 0.25) is 0 Å². The molecule has 20 heavy (non-hydrogen) atoms. The monoisotopic (exact) mass is 277 g/mol. The Morgan fingerprint density at radius 1 is 1.25 bits per heavy atom. The molecule has 1 atom stereocenters. The van der Waals surface area contributed by atoms with E-state index in [0.717, 1.165) is 19.5 Å². The van der Waals surface area contributed by atoms with Gasteiger partial charge in [0.25, 0.3) is 0 Å². The van der Waals surface area contributed by atoms with E-state index in [9.17, 15) is 0 Å². The van der Waals surface area contributed by atoms with Crippen LogP contribution in [0, 0.1) is 0 Å². The summed E-state index contributed by atoms with van der Waals surface area (Å²) in [5.74, 6) is 0.631. The predicted molar refractivity (Wildman–Crippen MR) is 84.8 cm³/mol. The molecule has 2 N–H and O–H groups in total. The maximum Gasteiger partial charge on any atom is 0.191 e. The number of aliphatic imine (C=N–C) groups is 1. The molecule has 0 aliphatic rings. The second-order valence-corrected chi connectivity index (χ2v) is 4.69. The molecule has 0 aliphatic carbocycles. The fourth-order valence-corrected chi connectivity index (χ4v) is 1.99. The van der Waals surface area contributed by atoms with E-state index in [1.54, 1.807) is 0 Å². The minimum Gasteiger partial charge on any atom is -0.374 e. The van der Waals surface area contributed by atoms with Crippen LogP contribution >= 0.6 is 0 Å². The summed E-state index contributed by atoms with van der Waals surface area (Å²) in [5.41, 5.74) is 7.11. The SMILES string of the molecule is CCN(CC)C(N)=NCCCOC(C)c1ccccc1. The van der Waals surface area contributed by atoms with Gasteiger partial charge in [0.15, 0.2) is 5.96 Å². The fraction of sp³-hybridized carbons (Fsp3) is 0.562. The molecule has 0 radical (unpaired) electrons. The molecule has 4 heteroatoms. The number of benzene rings is 1. The van der Waals surface area contributed by atoms with Crippen LogP contribution in [0.2, 0.25) is 0 Å². The molecule has 0 saturated heterocycles. The smallest absolute Gasteiger partial charge is 0.191 e. The zero-order valence-electron chi connectivity index (χ0n) is 12.9. The Morgan fingerprint density at radius 3 is 2.50 bits per heavy atom. The third kappa shape index (κ3) is 5.61. The topological polar surface area (TPSA) is 50.8 Å². The second kappa shape index (κ2) is 9.37. The van der Waals surface area contributed by atoms with Crippen molar-refractivity contribution in [3.05, 3.63) is 35.9 Å². The Labute approximate surface area is 122 Å². The summed E-state index contributed by atoms with van der Waals surface area (Å²) in [6, 6.07) is 10.2. The standard InChI is InChI=1S/C16H27N3O/c1-4-19(5-2)16(17)18-12-9-13-20-14(3)15-10-7-6-8-11-15/h6-8,10-11,14H,4-5,9,12-13H2,1-3H3,(H2,17,18). The van der Waals surface area contributed by atoms with Gasteiger partial charge in [0.1, 0.15) is 0 Å². The number of ether oxygens (including phenoxy) is 1. The number of guanidine groups is 1. The lowest BCUT2D eigenvalue weighted by Crippen LogP contribution is -2.37. The summed E-state index contributed by atoms with van der Waals surface area (Å²) in [4.78, 5) is 6.43. The first-order chi connectivity index (χ1) is 9.69. The van der Waals surface area contributed by atoms with E-state index >= 15 is 0 Å². The lowest BCUT2D eigenvalue weighted by Gasteiger charge is -2.19. The highest BCUT2D eigenvalue weighted by Gasteiger charge is 2.04. The molecule has 0 aromatic heterocycles. The van der Waals surface area contributed by atoms with Gasteiger partial charge in [-0.3, -0.25) is 4.99 Å². The Balaban J connectivity index is 2.23. The summed E-state index contributed by atoms with van der Waals surface area (Å²) in [6.07, 6.45) is 1.01. The third-order valence-electron chi connectivity index (χ3n) is 3.30. The van der Waals surface area contributed by atoms with Gasteiger partial charge in [-0.2, -0.15) is 0 Å². The average molecular weight is 277 g/mol. The minimum atomic E-state index is 0.125. The first-order valence-electron chi connectivity index (χ1n) is 7.40. The third-order valence-corrected chi connectivity index (χ3v) is 3.30. The summed E-state index contributed by atoms with van der Waals surface area (Å²) in [6.45, 7) is 9.44. The van der Waals surface area contributed by atoms with Gasteiger partial charge in [-0.25, -0.2) is 0 Å². The second-order valence-electron chi connectivity index (χ2n) is 4.69. The Bertz CT molecular complexity index is 388. The lowest BCUT2D eigenvalue weighted by molar-refractivity contribution is 0.0652. The van der Waals surface area contributed by atoms with Crippen LogP contribution in [0.15, 0.2) is 35.3 Å². The van der Waals surface area contributed by atoms with E-state index in [1.807, 2.05) is 23.1 Å². The predicted octanol–water partition coefficient (Wildman–Crippen LogP) is 2.81. The maximum absolute atomic E-state index is 5.91. The Morgan fingerprint density at radius 2 is 1.90 bits per heavy atom. The van der Waals surface area contributed by atoms with Gasteiger partial charge in [-0.1, -0.05) is 30.3 Å². The van der Waals surface area contributed by atoms with Crippen LogP contribution < -0.4 is 5.73 Å². The lowest BCUT2D eigenvalue weighted by atomic mass is 10.1. The minimum absolute atomic E-state index is 0.125. The molecule has 0 amide bonds. The van der Waals surface area contributed by atoms with Crippen molar-refractivity contribution >= 4 is 5.96 Å². The van der Waals surface area contributed by atoms with E-state index < -0.39 is 0 Å². The molecule has 0 saturated carbocycles. The number of hydrogen-bond donors (Lipinski definition) is 1. The average Bonchev–Trinajstić information content (AvgIpc) is 2.49. The van der Waals surface area contributed by atoms with Gasteiger partial charge in [-0.15, -0.1) is 0 Å². The zero-order valence-corrected chi connectivity index (χ0v) is 12.9. The normalized spacial score (nSPS) is 13.2. The fourth-order valence-electron chi connectivity index (χ4n) is 1.99. The quantitative estimate of drug-likeness (QED) is 0.451. The van der Waals surface area contributed by atoms with Crippen molar-refractivity contribution in [3.8, 4) is 0 Å². The van der Waals surface area contributed by atoms with Crippen molar-refractivity contribution < 1.29 is 4.74 Å². The molecule has 1 rings (SSSR count). The van der Waals surface area contributed by atoms with Crippen molar-refractivity contribution in [2.75, 3.05) is 26.2 Å². The van der Waals surface area contributed by atoms with Crippen molar-refractivity contribution in [1.29, 1.82) is 0 Å². The first-order valence-corrected chi connectivity index (χ1v) is 7.40. The van der Waals surface area contributed by atoms with Crippen LogP contribution in [0.4, 0.5) is 0 Å². The highest BCUT2D eigenvalue weighted by molar-refractivity contribution is 5.77. The molecule has 0 bridgehead atoms. The molecule has 112 valence electrons. The molecule has 0 spiro atoms. The number of rotatable bonds is 8. The maximum atomic E-state index is 5.91. The van der Waals surface area contributed by atoms with E-state index in [1.165, 1.54) is 5.56 Å². The van der Waals surface area contributed by atoms with Gasteiger partial charge in [0.05, 0.1) is 6.10 Å². The molecule has 0 aliphatic heterocycles. The highest BCUT2D eigenvalue weighted by Crippen LogP contribution is 2.15. The van der Waals surface area contributed by atoms with Crippen molar-refractivity contribution in [1.82, 2.24) is 4.90 Å². The zero-order chi connectivity index (χ0) is 14.8. The van der Waals surface area contributed by atoms with E-state index in [-0.39, 0.29) is 6.10 Å². The van der Waals surface area contributed by atoms with E-state index in [4.69, 9.17) is 10.5 Å². The van der Waals surface area contributed by atoms with Crippen molar-refractivity contribution in [2.45, 2.75) is 33.3 Å². The van der Waals surface area contributed by atoms with Crippen LogP contribution in [0.3, 0.4) is 0 Å². The first kappa shape index (κ1) is 16.5. The summed E-state index contributed by atoms with van der Waals surface area (Å²) >= 11 is 0. The molecule has 0 fully saturated rings. The molecule has 4 nitrogen and oxygen atoms in total. The van der Waals surface area contributed by atoms with Crippen LogP contribution in [0.25, 0.3) is 0 Å². The molecule has 1 unspecified atom stereocenters. The van der Waals surface area contributed by atoms with Crippen molar-refractivity contribution in [2.24, 2.45) is 10.7 Å². The molecular weight excluding hydrogens is 250 g/mol. The molecule has 1 aromatic rings. The van der Waals surface area contributed by atoms with Crippen LogP contribution in [-0.2, 0) is 4.74 Å². The van der Waals surface area contributed by atoms with Gasteiger partial charge in [0, 0.05) is 26.2 Å². The van der Waals surface area contributed by atoms with Crippen LogP contribution in [-0.4, -0.2) is 37.1 Å². The summed E-state index contributed by atoms with van der Waals surface area (Å²) in [7, 11) is 0. The molecule has 0 heterocycles. The van der Waals surface area contributed by atoms with Crippen molar-refractivity contribution in [3.63, 3.8) is 0 Å². The largest absolute Gasteiger partial charge is 0.374 e. The Kier molecular flexibility index (Phi) is 7.73. The number of hydrogen-bond acceptors (Lipinski definition) is 2. The molecular formula is C16H27N3O.